The number of nitrogens with two attached hydrogens (primary N) is 1. The van der Waals surface area contributed by atoms with E-state index in [2.05, 4.69) is 0 Å². The van der Waals surface area contributed by atoms with Gasteiger partial charge in [0.25, 0.3) is 0 Å². The first-order valence-corrected chi connectivity index (χ1v) is 5.67. The summed E-state index contributed by atoms with van der Waals surface area (Å²) >= 11 is 2.03. The Morgan fingerprint density at radius 2 is 2.27 bits per heavy atom. The molecule has 0 aliphatic carbocycles. The van der Waals surface area contributed by atoms with Crippen LogP contribution in [0.3, 0.4) is 0 Å². The summed E-state index contributed by atoms with van der Waals surface area (Å²) in [7, 11) is 0. The van der Waals surface area contributed by atoms with Gasteiger partial charge >= 0.3 is 0 Å². The van der Waals surface area contributed by atoms with Crippen LogP contribution in [-0.4, -0.2) is 18.5 Å². The van der Waals surface area contributed by atoms with Crippen LogP contribution in [0, 0.1) is 9.39 Å². The standard InChI is InChI=1S/C10H10FIN2O/c11-8-3-6(12)1-2-9(8)14-5-7(13)4-10(14)15/h1-3,7H,4-5,13H2. The molecule has 1 amide bonds. The third-order valence-corrected chi connectivity index (χ3v) is 3.03. The van der Waals surface area contributed by atoms with Gasteiger partial charge in [0.2, 0.25) is 5.91 Å². The second-order valence-electron chi connectivity index (χ2n) is 3.56. The Morgan fingerprint density at radius 1 is 1.53 bits per heavy atom. The van der Waals surface area contributed by atoms with Gasteiger partial charge in [-0.25, -0.2) is 4.39 Å². The van der Waals surface area contributed by atoms with E-state index in [1.807, 2.05) is 22.6 Å². The fraction of sp³-hybridized carbons (Fsp3) is 0.300. The SMILES string of the molecule is NC1CC(=O)N(c2ccc(I)cc2F)C1. The maximum Gasteiger partial charge on any atom is 0.228 e. The van der Waals surface area contributed by atoms with Crippen molar-refractivity contribution in [1.29, 1.82) is 0 Å². The molecule has 2 rings (SSSR count). The number of amides is 1. The minimum absolute atomic E-state index is 0.109. The third-order valence-electron chi connectivity index (χ3n) is 2.36. The van der Waals surface area contributed by atoms with E-state index in [1.54, 1.807) is 12.1 Å². The molecule has 1 aromatic carbocycles. The second kappa shape index (κ2) is 4.05. The van der Waals surface area contributed by atoms with Crippen molar-refractivity contribution in [1.82, 2.24) is 0 Å². The van der Waals surface area contributed by atoms with Crippen LogP contribution in [0.1, 0.15) is 6.42 Å². The summed E-state index contributed by atoms with van der Waals surface area (Å²) in [5.74, 6) is -0.480. The van der Waals surface area contributed by atoms with Gasteiger partial charge in [-0.05, 0) is 40.8 Å². The van der Waals surface area contributed by atoms with E-state index in [0.717, 1.165) is 3.57 Å². The number of hydrogen-bond acceptors (Lipinski definition) is 2. The molecule has 0 spiro atoms. The Labute approximate surface area is 101 Å². The Kier molecular flexibility index (Phi) is 2.92. The minimum Gasteiger partial charge on any atom is -0.326 e. The lowest BCUT2D eigenvalue weighted by molar-refractivity contribution is -0.117. The van der Waals surface area contributed by atoms with Crippen LogP contribution in [0.2, 0.25) is 0 Å². The largest absolute Gasteiger partial charge is 0.326 e. The van der Waals surface area contributed by atoms with Crippen molar-refractivity contribution in [2.24, 2.45) is 5.73 Å². The van der Waals surface area contributed by atoms with Gasteiger partial charge in [-0.3, -0.25) is 4.79 Å². The highest BCUT2D eigenvalue weighted by molar-refractivity contribution is 14.1. The van der Waals surface area contributed by atoms with E-state index in [4.69, 9.17) is 5.73 Å². The normalized spacial score (nSPS) is 21.1. The molecule has 1 aliphatic heterocycles. The first-order chi connectivity index (χ1) is 7.08. The van der Waals surface area contributed by atoms with Crippen molar-refractivity contribution in [3.63, 3.8) is 0 Å². The Bertz CT molecular complexity index is 410. The molecule has 0 aromatic heterocycles. The smallest absolute Gasteiger partial charge is 0.228 e. The molecule has 1 aromatic rings. The number of anilines is 1. The Balaban J connectivity index is 2.34. The van der Waals surface area contributed by atoms with Crippen molar-refractivity contribution in [2.75, 3.05) is 11.4 Å². The molecule has 15 heavy (non-hydrogen) atoms. The summed E-state index contributed by atoms with van der Waals surface area (Å²) in [5.41, 5.74) is 5.97. The van der Waals surface area contributed by atoms with E-state index in [-0.39, 0.29) is 17.8 Å². The third kappa shape index (κ3) is 2.12. The molecular weight excluding hydrogens is 310 g/mol. The van der Waals surface area contributed by atoms with Gasteiger partial charge in [-0.15, -0.1) is 0 Å². The number of carbonyl (C=O) groups excluding carboxylic acids is 1. The molecule has 0 bridgehead atoms. The first-order valence-electron chi connectivity index (χ1n) is 4.59. The fourth-order valence-corrected chi connectivity index (χ4v) is 2.12. The van der Waals surface area contributed by atoms with E-state index in [0.29, 0.717) is 18.7 Å². The summed E-state index contributed by atoms with van der Waals surface area (Å²) < 4.78 is 14.4. The van der Waals surface area contributed by atoms with Gasteiger partial charge < -0.3 is 10.6 Å². The molecule has 1 saturated heterocycles. The Morgan fingerprint density at radius 3 is 2.80 bits per heavy atom. The van der Waals surface area contributed by atoms with Crippen molar-refractivity contribution >= 4 is 34.2 Å². The Hall–Kier alpha value is -0.690. The van der Waals surface area contributed by atoms with Crippen molar-refractivity contribution in [3.8, 4) is 0 Å². The molecule has 1 unspecified atom stereocenters. The highest BCUT2D eigenvalue weighted by Crippen LogP contribution is 2.25. The average Bonchev–Trinajstić information content (AvgIpc) is 2.45. The number of benzene rings is 1. The maximum absolute atomic E-state index is 13.6. The zero-order valence-corrected chi connectivity index (χ0v) is 10.1. The van der Waals surface area contributed by atoms with Gasteiger partial charge in [0.15, 0.2) is 0 Å². The van der Waals surface area contributed by atoms with Gasteiger partial charge in [0.05, 0.1) is 5.69 Å². The zero-order chi connectivity index (χ0) is 11.0. The quantitative estimate of drug-likeness (QED) is 0.797. The molecule has 1 atom stereocenters. The van der Waals surface area contributed by atoms with Gasteiger partial charge in [0.1, 0.15) is 5.82 Å². The van der Waals surface area contributed by atoms with Gasteiger partial charge in [-0.2, -0.15) is 0 Å². The monoisotopic (exact) mass is 320 g/mol. The number of hydrogen-bond donors (Lipinski definition) is 1. The van der Waals surface area contributed by atoms with Crippen LogP contribution >= 0.6 is 22.6 Å². The van der Waals surface area contributed by atoms with Crippen LogP contribution in [0.5, 0.6) is 0 Å². The number of nitrogens with zero attached hydrogens (tertiary/aromatic N) is 1. The fourth-order valence-electron chi connectivity index (χ4n) is 1.67. The lowest BCUT2D eigenvalue weighted by Crippen LogP contribution is -2.28. The van der Waals surface area contributed by atoms with E-state index >= 15 is 0 Å². The van der Waals surface area contributed by atoms with Crippen LogP contribution in [0.15, 0.2) is 18.2 Å². The van der Waals surface area contributed by atoms with Crippen molar-refractivity contribution in [2.45, 2.75) is 12.5 Å². The zero-order valence-electron chi connectivity index (χ0n) is 7.91. The molecule has 1 fully saturated rings. The van der Waals surface area contributed by atoms with Crippen molar-refractivity contribution < 1.29 is 9.18 Å². The summed E-state index contributed by atoms with van der Waals surface area (Å²) in [6, 6.07) is 4.62. The summed E-state index contributed by atoms with van der Waals surface area (Å²) in [6.45, 7) is 0.399. The van der Waals surface area contributed by atoms with Gasteiger partial charge in [0, 0.05) is 22.6 Å². The van der Waals surface area contributed by atoms with E-state index in [1.165, 1.54) is 11.0 Å². The number of halogens is 2. The summed E-state index contributed by atoms with van der Waals surface area (Å²) in [5, 5.41) is 0. The van der Waals surface area contributed by atoms with Crippen LogP contribution < -0.4 is 10.6 Å². The minimum atomic E-state index is -0.371. The van der Waals surface area contributed by atoms with Crippen molar-refractivity contribution in [3.05, 3.63) is 27.6 Å². The highest BCUT2D eigenvalue weighted by atomic mass is 127. The highest BCUT2D eigenvalue weighted by Gasteiger charge is 2.29. The maximum atomic E-state index is 13.6. The molecule has 5 heteroatoms. The van der Waals surface area contributed by atoms with Crippen LogP contribution in [0.4, 0.5) is 10.1 Å². The topological polar surface area (TPSA) is 46.3 Å². The molecule has 0 saturated carbocycles. The van der Waals surface area contributed by atoms with Crippen LogP contribution in [-0.2, 0) is 4.79 Å². The summed E-state index contributed by atoms with van der Waals surface area (Å²) in [4.78, 5) is 12.9. The molecule has 2 N–H and O–H groups in total. The summed E-state index contributed by atoms with van der Waals surface area (Å²) in [6.07, 6.45) is 0.297. The van der Waals surface area contributed by atoms with E-state index < -0.39 is 0 Å². The predicted molar refractivity (Wildman–Crippen MR) is 64.1 cm³/mol. The number of rotatable bonds is 1. The molecular formula is C10H10FIN2O. The molecule has 1 heterocycles. The lowest BCUT2D eigenvalue weighted by atomic mass is 10.3. The molecule has 0 radical (unpaired) electrons. The van der Waals surface area contributed by atoms with Gasteiger partial charge in [-0.1, -0.05) is 0 Å². The number of carbonyl (C=O) groups is 1. The molecule has 80 valence electrons. The predicted octanol–water partition coefficient (Wildman–Crippen LogP) is 1.49. The van der Waals surface area contributed by atoms with E-state index in [9.17, 15) is 9.18 Å². The molecule has 3 nitrogen and oxygen atoms in total. The first kappa shape index (κ1) is 10.8. The lowest BCUT2D eigenvalue weighted by Gasteiger charge is -2.16. The van der Waals surface area contributed by atoms with Crippen LogP contribution in [0.25, 0.3) is 0 Å². The molecule has 1 aliphatic rings. The average molecular weight is 320 g/mol. The second-order valence-corrected chi connectivity index (χ2v) is 4.81.